The number of fused-ring (bicyclic) bond motifs is 3. The molecular formula is C36H35NO8S. The molecule has 2 aliphatic heterocycles. The van der Waals surface area contributed by atoms with Crippen molar-refractivity contribution in [1.29, 1.82) is 0 Å². The molecule has 238 valence electrons. The summed E-state index contributed by atoms with van der Waals surface area (Å²) in [5.74, 6) is -0.573. The fourth-order valence-electron chi connectivity index (χ4n) is 6.28. The number of rotatable bonds is 13. The molecule has 2 heterocycles. The fraction of sp³-hybridized carbons (Fsp3) is 0.278. The lowest BCUT2D eigenvalue weighted by atomic mass is 9.83. The van der Waals surface area contributed by atoms with E-state index in [1.807, 2.05) is 42.5 Å². The van der Waals surface area contributed by atoms with Crippen molar-refractivity contribution in [2.75, 3.05) is 5.32 Å². The number of phenolic OH excluding ortho intramolecular Hbond substituents is 1. The molecule has 10 heteroatoms. The highest BCUT2D eigenvalue weighted by Gasteiger charge is 2.53. The van der Waals surface area contributed by atoms with E-state index in [1.165, 1.54) is 0 Å². The maximum absolute atomic E-state index is 13.7. The monoisotopic (exact) mass is 641 g/mol. The highest BCUT2D eigenvalue weighted by atomic mass is 32.2. The number of carboxylic acid groups (broad SMARTS) is 1. The average molecular weight is 642 g/mol. The van der Waals surface area contributed by atoms with Gasteiger partial charge in [-0.1, -0.05) is 67.4 Å². The third kappa shape index (κ3) is 6.93. The SMILES string of the molecule is O=C(O)CCCCCCC(=O)Nc1ccc(C2=C(c3ccc(O)cc3)C3CC(S(=O)(=O)Oc4ccc5ccccc5c4)C2O3)cc1. The molecule has 1 saturated heterocycles. The van der Waals surface area contributed by atoms with Gasteiger partial charge >= 0.3 is 16.1 Å². The zero-order valence-electron chi connectivity index (χ0n) is 25.1. The minimum atomic E-state index is -4.09. The van der Waals surface area contributed by atoms with Crippen molar-refractivity contribution in [2.45, 2.75) is 62.4 Å². The Balaban J connectivity index is 1.20. The second-order valence-electron chi connectivity index (χ2n) is 11.7. The van der Waals surface area contributed by atoms with Crippen molar-refractivity contribution in [3.8, 4) is 11.5 Å². The van der Waals surface area contributed by atoms with E-state index >= 15 is 0 Å². The van der Waals surface area contributed by atoms with Gasteiger partial charge in [0.1, 0.15) is 22.9 Å². The fourth-order valence-corrected chi connectivity index (χ4v) is 7.69. The molecule has 1 fully saturated rings. The highest BCUT2D eigenvalue weighted by molar-refractivity contribution is 7.87. The van der Waals surface area contributed by atoms with E-state index in [4.69, 9.17) is 14.0 Å². The number of aliphatic carboxylic acids is 1. The van der Waals surface area contributed by atoms with E-state index < -0.39 is 33.5 Å². The molecule has 2 aliphatic rings. The lowest BCUT2D eigenvalue weighted by Gasteiger charge is -2.25. The number of hydrogen-bond acceptors (Lipinski definition) is 7. The number of carbonyl (C=O) groups excluding carboxylic acids is 1. The molecule has 0 aliphatic carbocycles. The molecule has 9 nitrogen and oxygen atoms in total. The first-order valence-corrected chi connectivity index (χ1v) is 16.9. The summed E-state index contributed by atoms with van der Waals surface area (Å²) in [4.78, 5) is 23.1. The zero-order chi connectivity index (χ0) is 32.3. The Morgan fingerprint density at radius 2 is 1.46 bits per heavy atom. The smallest absolute Gasteiger partial charge is 0.315 e. The summed E-state index contributed by atoms with van der Waals surface area (Å²) in [6.07, 6.45) is 2.25. The van der Waals surface area contributed by atoms with Gasteiger partial charge in [-0.3, -0.25) is 9.59 Å². The summed E-state index contributed by atoms with van der Waals surface area (Å²) >= 11 is 0. The summed E-state index contributed by atoms with van der Waals surface area (Å²) in [5, 5.41) is 22.4. The van der Waals surface area contributed by atoms with Crippen LogP contribution in [-0.4, -0.2) is 48.0 Å². The van der Waals surface area contributed by atoms with E-state index in [1.54, 1.807) is 48.5 Å². The number of ether oxygens (including phenoxy) is 1. The summed E-state index contributed by atoms with van der Waals surface area (Å²) in [6, 6.07) is 26.9. The number of nitrogens with one attached hydrogen (secondary N) is 1. The van der Waals surface area contributed by atoms with E-state index in [0.29, 0.717) is 24.9 Å². The van der Waals surface area contributed by atoms with Crippen LogP contribution in [-0.2, 0) is 24.4 Å². The molecule has 0 aromatic heterocycles. The molecule has 0 saturated carbocycles. The van der Waals surface area contributed by atoms with E-state index in [9.17, 15) is 23.1 Å². The van der Waals surface area contributed by atoms with Gasteiger partial charge in [-0.05, 0) is 82.3 Å². The third-order valence-electron chi connectivity index (χ3n) is 8.50. The van der Waals surface area contributed by atoms with Crippen molar-refractivity contribution in [1.82, 2.24) is 0 Å². The van der Waals surface area contributed by atoms with Gasteiger partial charge in [-0.25, -0.2) is 0 Å². The second-order valence-corrected chi connectivity index (χ2v) is 13.5. The Morgan fingerprint density at radius 3 is 2.17 bits per heavy atom. The van der Waals surface area contributed by atoms with E-state index in [-0.39, 0.29) is 30.2 Å². The quantitative estimate of drug-likeness (QED) is 0.107. The first-order valence-electron chi connectivity index (χ1n) is 15.4. The molecule has 46 heavy (non-hydrogen) atoms. The van der Waals surface area contributed by atoms with Gasteiger partial charge in [0.2, 0.25) is 5.91 Å². The van der Waals surface area contributed by atoms with Crippen LogP contribution in [0.5, 0.6) is 11.5 Å². The van der Waals surface area contributed by atoms with Crippen LogP contribution in [0.2, 0.25) is 0 Å². The van der Waals surface area contributed by atoms with Gasteiger partial charge in [0.15, 0.2) is 0 Å². The van der Waals surface area contributed by atoms with Crippen LogP contribution in [0.4, 0.5) is 5.69 Å². The normalized spacial score (nSPS) is 19.0. The standard InChI is InChI=1S/C36H35NO8S/c38-28-18-13-24(14-19-28)34-30-22-31(46(42,43)45-29-20-15-23-7-5-6-8-26(23)21-29)36(44-30)35(34)25-11-16-27(17-12-25)37-32(39)9-3-1-2-4-10-33(40)41/h5-8,11-21,30-31,36,38H,1-4,9-10,22H2,(H,37,39)(H,40,41). The molecule has 3 unspecified atom stereocenters. The first-order chi connectivity index (χ1) is 22.2. The van der Waals surface area contributed by atoms with E-state index in [0.717, 1.165) is 45.9 Å². The average Bonchev–Trinajstić information content (AvgIpc) is 3.63. The minimum Gasteiger partial charge on any atom is -0.508 e. The van der Waals surface area contributed by atoms with Gasteiger partial charge in [0, 0.05) is 24.9 Å². The van der Waals surface area contributed by atoms with Crippen molar-refractivity contribution < 1.29 is 37.1 Å². The van der Waals surface area contributed by atoms with Gasteiger partial charge < -0.3 is 24.4 Å². The minimum absolute atomic E-state index is 0.125. The molecule has 6 rings (SSSR count). The number of carboxylic acids is 1. The molecular weight excluding hydrogens is 606 g/mol. The number of carbonyl (C=O) groups is 2. The number of benzene rings is 4. The molecule has 2 bridgehead atoms. The van der Waals surface area contributed by atoms with Crippen molar-refractivity contribution >= 4 is 49.6 Å². The van der Waals surface area contributed by atoms with Crippen LogP contribution in [0.15, 0.2) is 91.0 Å². The van der Waals surface area contributed by atoms with Crippen LogP contribution in [0, 0.1) is 0 Å². The molecule has 1 amide bonds. The van der Waals surface area contributed by atoms with E-state index in [2.05, 4.69) is 5.32 Å². The Labute approximate surface area is 267 Å². The summed E-state index contributed by atoms with van der Waals surface area (Å²) in [7, 11) is -4.09. The molecule has 4 aromatic rings. The van der Waals surface area contributed by atoms with Crippen molar-refractivity contribution in [2.24, 2.45) is 0 Å². The maximum atomic E-state index is 13.7. The largest absolute Gasteiger partial charge is 0.508 e. The van der Waals surface area contributed by atoms with Crippen LogP contribution in [0.3, 0.4) is 0 Å². The van der Waals surface area contributed by atoms with Gasteiger partial charge in [0.25, 0.3) is 0 Å². The first kappa shape index (κ1) is 31.3. The van der Waals surface area contributed by atoms with Crippen molar-refractivity contribution in [3.63, 3.8) is 0 Å². The molecule has 0 spiro atoms. The number of anilines is 1. The zero-order valence-corrected chi connectivity index (χ0v) is 25.9. The summed E-state index contributed by atoms with van der Waals surface area (Å²) < 4.78 is 39.4. The number of unbranched alkanes of at least 4 members (excludes halogenated alkanes) is 3. The predicted octanol–water partition coefficient (Wildman–Crippen LogP) is 6.77. The second kappa shape index (κ2) is 13.4. The molecule has 3 N–H and O–H groups in total. The summed E-state index contributed by atoms with van der Waals surface area (Å²) in [5.41, 5.74) is 3.79. The lowest BCUT2D eigenvalue weighted by Crippen LogP contribution is -2.35. The highest BCUT2D eigenvalue weighted by Crippen LogP contribution is 2.51. The Morgan fingerprint density at radius 1 is 0.804 bits per heavy atom. The maximum Gasteiger partial charge on any atom is 0.315 e. The molecule has 0 radical (unpaired) electrons. The Kier molecular flexibility index (Phi) is 9.10. The number of aromatic hydroxyl groups is 1. The number of amides is 1. The summed E-state index contributed by atoms with van der Waals surface area (Å²) in [6.45, 7) is 0. The number of phenols is 1. The van der Waals surface area contributed by atoms with Crippen LogP contribution in [0.1, 0.15) is 56.1 Å². The predicted molar refractivity (Wildman–Crippen MR) is 176 cm³/mol. The van der Waals surface area contributed by atoms with Gasteiger partial charge in [-0.15, -0.1) is 0 Å². The molecule has 3 atom stereocenters. The van der Waals surface area contributed by atoms with Crippen LogP contribution in [0.25, 0.3) is 21.9 Å². The van der Waals surface area contributed by atoms with Crippen LogP contribution >= 0.6 is 0 Å². The van der Waals surface area contributed by atoms with Gasteiger partial charge in [0.05, 0.1) is 6.10 Å². The van der Waals surface area contributed by atoms with Gasteiger partial charge in [-0.2, -0.15) is 8.42 Å². The molecule has 4 aromatic carbocycles. The lowest BCUT2D eigenvalue weighted by molar-refractivity contribution is -0.137. The Hall–Kier alpha value is -4.67. The van der Waals surface area contributed by atoms with Crippen LogP contribution < -0.4 is 9.50 Å². The Bertz CT molecular complexity index is 1880. The van der Waals surface area contributed by atoms with Crippen molar-refractivity contribution in [3.05, 3.63) is 102 Å². The third-order valence-corrected chi connectivity index (χ3v) is 10.1. The number of hydrogen-bond donors (Lipinski definition) is 3. The topological polar surface area (TPSA) is 139 Å².